The minimum atomic E-state index is -3.78. The predicted molar refractivity (Wildman–Crippen MR) is 107 cm³/mol. The monoisotopic (exact) mass is 410 g/mol. The molecule has 27 heavy (non-hydrogen) atoms. The summed E-state index contributed by atoms with van der Waals surface area (Å²) >= 11 is 1.39. The van der Waals surface area contributed by atoms with Crippen molar-refractivity contribution in [2.75, 3.05) is 0 Å². The fourth-order valence-electron chi connectivity index (χ4n) is 3.44. The van der Waals surface area contributed by atoms with E-state index in [1.54, 1.807) is 6.07 Å². The molecule has 1 aliphatic carbocycles. The van der Waals surface area contributed by atoms with Crippen LogP contribution in [-0.2, 0) is 21.4 Å². The first-order valence-electron chi connectivity index (χ1n) is 9.29. The molecule has 0 bridgehead atoms. The Bertz CT molecular complexity index is 933. The Morgan fingerprint density at radius 1 is 1.37 bits per heavy atom. The molecule has 1 aromatic heterocycles. The lowest BCUT2D eigenvalue weighted by atomic mass is 9.95. The SMILES string of the molecule is CCn1c(S[C@@H](C)C(=O)NC2CCCCC2)nc2cc(S(N)(=O)=O)ccc21. The molecule has 3 N–H and O–H groups in total. The lowest BCUT2D eigenvalue weighted by Crippen LogP contribution is -2.40. The van der Waals surface area contributed by atoms with Gasteiger partial charge in [-0.25, -0.2) is 18.5 Å². The molecule has 0 spiro atoms. The maximum Gasteiger partial charge on any atom is 0.238 e. The van der Waals surface area contributed by atoms with Crippen molar-refractivity contribution >= 4 is 38.7 Å². The van der Waals surface area contributed by atoms with E-state index in [2.05, 4.69) is 10.3 Å². The Morgan fingerprint density at radius 2 is 2.07 bits per heavy atom. The van der Waals surface area contributed by atoms with Gasteiger partial charge in [0.05, 0.1) is 21.2 Å². The maximum atomic E-state index is 12.6. The number of imidazole rings is 1. The third-order valence-electron chi connectivity index (χ3n) is 4.93. The highest BCUT2D eigenvalue weighted by molar-refractivity contribution is 8.00. The molecule has 7 nitrogen and oxygen atoms in total. The fourth-order valence-corrected chi connectivity index (χ4v) is 4.97. The largest absolute Gasteiger partial charge is 0.352 e. The van der Waals surface area contributed by atoms with Crippen LogP contribution >= 0.6 is 11.8 Å². The maximum absolute atomic E-state index is 12.6. The van der Waals surface area contributed by atoms with Gasteiger partial charge < -0.3 is 9.88 Å². The Labute approximate surface area is 164 Å². The fraction of sp³-hybridized carbons (Fsp3) is 0.556. The number of nitrogens with zero attached hydrogens (tertiary/aromatic N) is 2. The van der Waals surface area contributed by atoms with E-state index in [-0.39, 0.29) is 22.1 Å². The summed E-state index contributed by atoms with van der Waals surface area (Å²) in [6.45, 7) is 4.54. The van der Waals surface area contributed by atoms with Crippen molar-refractivity contribution < 1.29 is 13.2 Å². The number of aromatic nitrogens is 2. The number of hydrogen-bond acceptors (Lipinski definition) is 5. The lowest BCUT2D eigenvalue weighted by Gasteiger charge is -2.24. The number of carbonyl (C=O) groups excluding carboxylic acids is 1. The summed E-state index contributed by atoms with van der Waals surface area (Å²) in [6.07, 6.45) is 5.69. The van der Waals surface area contributed by atoms with Crippen LogP contribution in [-0.4, -0.2) is 35.2 Å². The van der Waals surface area contributed by atoms with E-state index in [1.165, 1.54) is 43.2 Å². The van der Waals surface area contributed by atoms with Crippen LogP contribution in [0.15, 0.2) is 28.3 Å². The van der Waals surface area contributed by atoms with Crippen LogP contribution in [0.1, 0.15) is 46.0 Å². The van der Waals surface area contributed by atoms with Crippen LogP contribution in [0.25, 0.3) is 11.0 Å². The molecule has 1 aromatic carbocycles. The number of rotatable bonds is 6. The van der Waals surface area contributed by atoms with Crippen LogP contribution in [0, 0.1) is 0 Å². The zero-order valence-electron chi connectivity index (χ0n) is 15.6. The number of hydrogen-bond donors (Lipinski definition) is 2. The van der Waals surface area contributed by atoms with Gasteiger partial charge in [-0.2, -0.15) is 0 Å². The molecule has 9 heteroatoms. The molecule has 1 aliphatic rings. The van der Waals surface area contributed by atoms with E-state index in [0.717, 1.165) is 18.4 Å². The topological polar surface area (TPSA) is 107 Å². The van der Waals surface area contributed by atoms with E-state index >= 15 is 0 Å². The number of thioether (sulfide) groups is 1. The number of primary sulfonamides is 1. The van der Waals surface area contributed by atoms with E-state index < -0.39 is 10.0 Å². The molecule has 0 radical (unpaired) electrons. The van der Waals surface area contributed by atoms with Crippen molar-refractivity contribution in [1.29, 1.82) is 0 Å². The minimum absolute atomic E-state index is 0.0202. The number of amides is 1. The van der Waals surface area contributed by atoms with Gasteiger partial charge in [0.2, 0.25) is 15.9 Å². The molecule has 1 amide bonds. The summed E-state index contributed by atoms with van der Waals surface area (Å²) in [6, 6.07) is 4.95. The van der Waals surface area contributed by atoms with Gasteiger partial charge in [0.15, 0.2) is 5.16 Å². The molecule has 1 saturated carbocycles. The van der Waals surface area contributed by atoms with Crippen LogP contribution in [0.4, 0.5) is 0 Å². The number of benzene rings is 1. The number of aryl methyl sites for hydroxylation is 1. The zero-order valence-corrected chi connectivity index (χ0v) is 17.3. The summed E-state index contributed by atoms with van der Waals surface area (Å²) in [5.74, 6) is 0.0202. The smallest absolute Gasteiger partial charge is 0.238 e. The van der Waals surface area contributed by atoms with Crippen molar-refractivity contribution in [2.45, 2.75) is 73.8 Å². The second-order valence-electron chi connectivity index (χ2n) is 6.94. The second kappa shape index (κ2) is 8.20. The number of sulfonamides is 1. The molecule has 1 fully saturated rings. The second-order valence-corrected chi connectivity index (χ2v) is 9.81. The molecule has 3 rings (SSSR count). The van der Waals surface area contributed by atoms with E-state index in [4.69, 9.17) is 5.14 Å². The summed E-state index contributed by atoms with van der Waals surface area (Å²) in [5.41, 5.74) is 1.39. The average Bonchev–Trinajstić information content (AvgIpc) is 2.97. The Balaban J connectivity index is 1.79. The summed E-state index contributed by atoms with van der Waals surface area (Å²) < 4.78 is 25.1. The minimum Gasteiger partial charge on any atom is -0.352 e. The quantitative estimate of drug-likeness (QED) is 0.712. The van der Waals surface area contributed by atoms with Gasteiger partial charge in [0.1, 0.15) is 0 Å². The zero-order chi connectivity index (χ0) is 19.6. The molecule has 0 aliphatic heterocycles. The summed E-state index contributed by atoms with van der Waals surface area (Å²) in [5, 5.41) is 8.77. The molecule has 1 atom stereocenters. The van der Waals surface area contributed by atoms with Crippen LogP contribution in [0.5, 0.6) is 0 Å². The Hall–Kier alpha value is -1.58. The highest BCUT2D eigenvalue weighted by Gasteiger charge is 2.23. The Morgan fingerprint density at radius 3 is 2.70 bits per heavy atom. The van der Waals surface area contributed by atoms with Crippen molar-refractivity contribution in [3.8, 4) is 0 Å². The summed E-state index contributed by atoms with van der Waals surface area (Å²) in [4.78, 5) is 17.1. The van der Waals surface area contributed by atoms with Crippen molar-refractivity contribution in [2.24, 2.45) is 5.14 Å². The van der Waals surface area contributed by atoms with Gasteiger partial charge in [-0.1, -0.05) is 31.0 Å². The number of carbonyl (C=O) groups is 1. The predicted octanol–water partition coefficient (Wildman–Crippen LogP) is 2.63. The third-order valence-corrected chi connectivity index (χ3v) is 6.93. The van der Waals surface area contributed by atoms with Crippen LogP contribution < -0.4 is 10.5 Å². The van der Waals surface area contributed by atoms with Crippen LogP contribution in [0.2, 0.25) is 0 Å². The van der Waals surface area contributed by atoms with Gasteiger partial charge in [-0.15, -0.1) is 0 Å². The average molecular weight is 411 g/mol. The lowest BCUT2D eigenvalue weighted by molar-refractivity contribution is -0.121. The number of fused-ring (bicyclic) bond motifs is 1. The normalized spacial score (nSPS) is 17.1. The van der Waals surface area contributed by atoms with Gasteiger partial charge in [0.25, 0.3) is 0 Å². The van der Waals surface area contributed by atoms with Crippen molar-refractivity contribution in [3.63, 3.8) is 0 Å². The standard InChI is InChI=1S/C18H26N4O3S2/c1-3-22-16-10-9-14(27(19,24)25)11-15(16)21-18(22)26-12(2)17(23)20-13-7-5-4-6-8-13/h9-13H,3-8H2,1-2H3,(H,20,23)(H2,19,24,25)/t12-/m0/s1. The molecule has 148 valence electrons. The molecule has 2 aromatic rings. The first kappa shape index (κ1) is 20.2. The Kier molecular flexibility index (Phi) is 6.12. The third kappa shape index (κ3) is 4.64. The van der Waals surface area contributed by atoms with Gasteiger partial charge >= 0.3 is 0 Å². The molecule has 0 saturated heterocycles. The van der Waals surface area contributed by atoms with Gasteiger partial charge in [-0.05, 0) is 44.9 Å². The summed E-state index contributed by atoms with van der Waals surface area (Å²) in [7, 11) is -3.78. The molecule has 1 heterocycles. The van der Waals surface area contributed by atoms with Crippen molar-refractivity contribution in [1.82, 2.24) is 14.9 Å². The first-order chi connectivity index (χ1) is 12.8. The van der Waals surface area contributed by atoms with Crippen LogP contribution in [0.3, 0.4) is 0 Å². The van der Waals surface area contributed by atoms with E-state index in [0.29, 0.717) is 17.2 Å². The highest BCUT2D eigenvalue weighted by atomic mass is 32.2. The van der Waals surface area contributed by atoms with Gasteiger partial charge in [0, 0.05) is 12.6 Å². The van der Waals surface area contributed by atoms with Crippen molar-refractivity contribution in [3.05, 3.63) is 18.2 Å². The molecular weight excluding hydrogens is 384 g/mol. The van der Waals surface area contributed by atoms with E-state index in [9.17, 15) is 13.2 Å². The molecular formula is C18H26N4O3S2. The van der Waals surface area contributed by atoms with Gasteiger partial charge in [-0.3, -0.25) is 4.79 Å². The number of nitrogens with two attached hydrogens (primary N) is 1. The number of nitrogens with one attached hydrogen (secondary N) is 1. The van der Waals surface area contributed by atoms with E-state index in [1.807, 2.05) is 18.4 Å². The highest BCUT2D eigenvalue weighted by Crippen LogP contribution is 2.29. The molecule has 0 unspecified atom stereocenters. The first-order valence-corrected chi connectivity index (χ1v) is 11.7.